The van der Waals surface area contributed by atoms with Crippen molar-refractivity contribution in [1.29, 1.82) is 0 Å². The average Bonchev–Trinajstić information content (AvgIpc) is 1.97. The Kier molecular flexibility index (Phi) is 5.32. The average molecular weight is 275 g/mol. The predicted molar refractivity (Wildman–Crippen MR) is 54.8 cm³/mol. The Morgan fingerprint density at radius 2 is 1.75 bits per heavy atom. The van der Waals surface area contributed by atoms with Gasteiger partial charge in [0.1, 0.15) is 6.54 Å². The van der Waals surface area contributed by atoms with Crippen LogP contribution < -0.4 is 0 Å². The van der Waals surface area contributed by atoms with E-state index in [9.17, 15) is 21.6 Å². The molecule has 0 aromatic rings. The zero-order valence-electron chi connectivity index (χ0n) is 8.78. The van der Waals surface area contributed by atoms with Crippen molar-refractivity contribution in [3.8, 4) is 0 Å². The molecule has 0 aliphatic carbocycles. The van der Waals surface area contributed by atoms with Crippen LogP contribution >= 0.6 is 0 Å². The molecule has 0 aliphatic rings. The first-order valence-corrected chi connectivity index (χ1v) is 7.70. The van der Waals surface area contributed by atoms with Crippen LogP contribution in [0.25, 0.3) is 0 Å². The molecule has 0 aromatic carbocycles. The molecule has 0 saturated carbocycles. The van der Waals surface area contributed by atoms with Crippen molar-refractivity contribution in [2.75, 3.05) is 32.2 Å². The van der Waals surface area contributed by atoms with Gasteiger partial charge in [-0.25, -0.2) is 8.42 Å². The molecule has 0 aliphatic heterocycles. The van der Waals surface area contributed by atoms with Crippen LogP contribution in [0, 0.1) is 0 Å². The Labute approximate surface area is 94.0 Å². The maximum Gasteiger partial charge on any atom is 0.318 e. The maximum absolute atomic E-state index is 11.1. The molecule has 10 heteroatoms. The molecule has 8 nitrogen and oxygen atoms in total. The Morgan fingerprint density at radius 1 is 1.25 bits per heavy atom. The summed E-state index contributed by atoms with van der Waals surface area (Å²) in [6.45, 7) is -1.48. The lowest BCUT2D eigenvalue weighted by Gasteiger charge is -2.16. The number of sulfonamides is 1. The minimum Gasteiger partial charge on any atom is -0.480 e. The fourth-order valence-corrected chi connectivity index (χ4v) is 1.93. The standard InChI is InChI=1S/C6H13NO7S2/c1-15(10,11)7(5-6(8)9)3-4-14-16(2,12)13/h3-5H2,1-2H3,(H,8,9). The van der Waals surface area contributed by atoms with Crippen LogP contribution in [0.5, 0.6) is 0 Å². The van der Waals surface area contributed by atoms with Gasteiger partial charge in [-0.2, -0.15) is 12.7 Å². The van der Waals surface area contributed by atoms with E-state index in [2.05, 4.69) is 4.18 Å². The van der Waals surface area contributed by atoms with Crippen molar-refractivity contribution in [2.24, 2.45) is 0 Å². The summed E-state index contributed by atoms with van der Waals surface area (Å²) >= 11 is 0. The van der Waals surface area contributed by atoms with E-state index in [0.717, 1.165) is 12.5 Å². The first kappa shape index (κ1) is 15.3. The molecular weight excluding hydrogens is 262 g/mol. The van der Waals surface area contributed by atoms with Gasteiger partial charge in [0.25, 0.3) is 10.1 Å². The highest BCUT2D eigenvalue weighted by molar-refractivity contribution is 7.88. The van der Waals surface area contributed by atoms with E-state index in [1.54, 1.807) is 0 Å². The number of hydrogen-bond donors (Lipinski definition) is 1. The Morgan fingerprint density at radius 3 is 2.06 bits per heavy atom. The van der Waals surface area contributed by atoms with Crippen LogP contribution in [-0.4, -0.2) is 64.4 Å². The van der Waals surface area contributed by atoms with Crippen molar-refractivity contribution >= 4 is 26.1 Å². The molecule has 0 atom stereocenters. The number of hydrogen-bond acceptors (Lipinski definition) is 6. The smallest absolute Gasteiger partial charge is 0.318 e. The maximum atomic E-state index is 11.1. The zero-order valence-corrected chi connectivity index (χ0v) is 10.4. The second kappa shape index (κ2) is 5.57. The van der Waals surface area contributed by atoms with E-state index in [-0.39, 0.29) is 6.54 Å². The highest BCUT2D eigenvalue weighted by Gasteiger charge is 2.19. The number of carboxylic acid groups (broad SMARTS) is 1. The molecule has 0 saturated heterocycles. The van der Waals surface area contributed by atoms with Crippen LogP contribution in [0.4, 0.5) is 0 Å². The summed E-state index contributed by atoms with van der Waals surface area (Å²) < 4.78 is 48.2. The molecule has 0 radical (unpaired) electrons. The van der Waals surface area contributed by atoms with Gasteiger partial charge in [-0.1, -0.05) is 0 Å². The van der Waals surface area contributed by atoms with Crippen LogP contribution in [0.1, 0.15) is 0 Å². The van der Waals surface area contributed by atoms with E-state index in [0.29, 0.717) is 4.31 Å². The van der Waals surface area contributed by atoms with Gasteiger partial charge >= 0.3 is 5.97 Å². The molecule has 0 spiro atoms. The Hall–Kier alpha value is -0.710. The lowest BCUT2D eigenvalue weighted by atomic mass is 10.6. The van der Waals surface area contributed by atoms with Gasteiger partial charge in [0.05, 0.1) is 19.1 Å². The number of rotatable bonds is 7. The highest BCUT2D eigenvalue weighted by Crippen LogP contribution is 1.98. The van der Waals surface area contributed by atoms with Crippen molar-refractivity contribution < 1.29 is 30.9 Å². The van der Waals surface area contributed by atoms with Crippen molar-refractivity contribution in [2.45, 2.75) is 0 Å². The molecular formula is C6H13NO7S2. The fourth-order valence-electron chi connectivity index (χ4n) is 0.803. The second-order valence-corrected chi connectivity index (χ2v) is 6.64. The normalized spacial score (nSPS) is 12.9. The lowest BCUT2D eigenvalue weighted by molar-refractivity contribution is -0.137. The van der Waals surface area contributed by atoms with Gasteiger partial charge in [-0.3, -0.25) is 8.98 Å². The summed E-state index contributed by atoms with van der Waals surface area (Å²) in [6.07, 6.45) is 1.64. The van der Waals surface area contributed by atoms with E-state index in [1.165, 1.54) is 0 Å². The largest absolute Gasteiger partial charge is 0.480 e. The molecule has 0 aromatic heterocycles. The first-order chi connectivity index (χ1) is 7.02. The van der Waals surface area contributed by atoms with Crippen LogP contribution in [0.2, 0.25) is 0 Å². The predicted octanol–water partition coefficient (Wildman–Crippen LogP) is -1.69. The number of aliphatic carboxylic acids is 1. The minimum absolute atomic E-state index is 0.335. The zero-order chi connectivity index (χ0) is 13.0. The van der Waals surface area contributed by atoms with Crippen LogP contribution in [0.3, 0.4) is 0 Å². The van der Waals surface area contributed by atoms with Crippen LogP contribution in [-0.2, 0) is 29.1 Å². The SMILES string of the molecule is CS(=O)(=O)OCCN(CC(=O)O)S(C)(=O)=O. The second-order valence-electron chi connectivity index (χ2n) is 3.02. The third-order valence-electron chi connectivity index (χ3n) is 1.42. The molecule has 0 heterocycles. The van der Waals surface area contributed by atoms with E-state index < -0.39 is 39.3 Å². The fraction of sp³-hybridized carbons (Fsp3) is 0.833. The van der Waals surface area contributed by atoms with Gasteiger partial charge < -0.3 is 5.11 Å². The number of carbonyl (C=O) groups is 1. The molecule has 0 unspecified atom stereocenters. The quantitative estimate of drug-likeness (QED) is 0.550. The van der Waals surface area contributed by atoms with Gasteiger partial charge in [0, 0.05) is 6.54 Å². The molecule has 1 N–H and O–H groups in total. The topological polar surface area (TPSA) is 118 Å². The van der Waals surface area contributed by atoms with Crippen molar-refractivity contribution in [1.82, 2.24) is 4.31 Å². The minimum atomic E-state index is -3.70. The summed E-state index contributed by atoms with van der Waals surface area (Å²) in [5.41, 5.74) is 0. The summed E-state index contributed by atoms with van der Waals surface area (Å²) in [5, 5.41) is 8.44. The highest BCUT2D eigenvalue weighted by atomic mass is 32.2. The summed E-state index contributed by atoms with van der Waals surface area (Å²) in [5.74, 6) is -1.33. The van der Waals surface area contributed by atoms with Gasteiger partial charge in [0.2, 0.25) is 10.0 Å². The monoisotopic (exact) mass is 275 g/mol. The van der Waals surface area contributed by atoms with Crippen molar-refractivity contribution in [3.05, 3.63) is 0 Å². The molecule has 16 heavy (non-hydrogen) atoms. The lowest BCUT2D eigenvalue weighted by Crippen LogP contribution is -2.37. The summed E-state index contributed by atoms with van der Waals surface area (Å²) in [4.78, 5) is 10.4. The number of nitrogens with zero attached hydrogens (tertiary/aromatic N) is 1. The van der Waals surface area contributed by atoms with E-state index in [1.807, 2.05) is 0 Å². The molecule has 0 amide bonds. The van der Waals surface area contributed by atoms with E-state index >= 15 is 0 Å². The van der Waals surface area contributed by atoms with Gasteiger partial charge in [0.15, 0.2) is 0 Å². The molecule has 0 fully saturated rings. The Balaban J connectivity index is 4.41. The van der Waals surface area contributed by atoms with Crippen LogP contribution in [0.15, 0.2) is 0 Å². The van der Waals surface area contributed by atoms with E-state index in [4.69, 9.17) is 5.11 Å². The molecule has 0 rings (SSSR count). The Bertz CT molecular complexity index is 437. The van der Waals surface area contributed by atoms with Gasteiger partial charge in [-0.15, -0.1) is 0 Å². The van der Waals surface area contributed by atoms with Gasteiger partial charge in [-0.05, 0) is 0 Å². The number of carboxylic acids is 1. The summed E-state index contributed by atoms with van der Waals surface area (Å²) in [7, 11) is -7.36. The first-order valence-electron chi connectivity index (χ1n) is 4.03. The third-order valence-corrected chi connectivity index (χ3v) is 3.26. The summed E-state index contributed by atoms with van der Waals surface area (Å²) in [6, 6.07) is 0. The third kappa shape index (κ3) is 7.56. The van der Waals surface area contributed by atoms with Crippen molar-refractivity contribution in [3.63, 3.8) is 0 Å². The molecule has 96 valence electrons. The molecule has 0 bridgehead atoms.